The Morgan fingerprint density at radius 3 is 2.44 bits per heavy atom. The van der Waals surface area contributed by atoms with E-state index in [9.17, 15) is 9.18 Å². The van der Waals surface area contributed by atoms with E-state index in [-0.39, 0.29) is 11.7 Å². The Balaban J connectivity index is 1.16. The molecule has 168 valence electrons. The van der Waals surface area contributed by atoms with E-state index in [1.807, 2.05) is 0 Å². The third-order valence-electron chi connectivity index (χ3n) is 6.22. The summed E-state index contributed by atoms with van der Waals surface area (Å²) in [5.41, 5.74) is 5.60. The Bertz CT molecular complexity index is 1050. The zero-order chi connectivity index (χ0) is 22.2. The maximum atomic E-state index is 12.9. The third kappa shape index (κ3) is 5.64. The molecule has 1 aromatic heterocycles. The summed E-state index contributed by atoms with van der Waals surface area (Å²) in [6, 6.07) is 14.1. The van der Waals surface area contributed by atoms with Crippen LogP contribution in [0.4, 0.5) is 10.1 Å². The van der Waals surface area contributed by atoms with Crippen molar-refractivity contribution in [3.8, 4) is 0 Å². The van der Waals surface area contributed by atoms with Crippen LogP contribution in [0.25, 0.3) is 10.9 Å². The van der Waals surface area contributed by atoms with Crippen LogP contribution in [-0.2, 0) is 12.8 Å². The van der Waals surface area contributed by atoms with E-state index in [1.165, 1.54) is 65.9 Å². The minimum absolute atomic E-state index is 0.137. The van der Waals surface area contributed by atoms with Crippen LogP contribution in [0.15, 0.2) is 48.5 Å². The molecule has 1 aliphatic carbocycles. The quantitative estimate of drug-likeness (QED) is 0.383. The third-order valence-corrected chi connectivity index (χ3v) is 6.22. The molecule has 0 saturated heterocycles. The number of carbonyl (C=O) groups excluding carboxylic acids is 1. The number of pyridine rings is 1. The summed E-state index contributed by atoms with van der Waals surface area (Å²) in [6.07, 6.45) is 10.2. The SMILES string of the molecule is O=C(NCCCCCCCNc1c2c(nc3ccccc13)CCCC2)c1ccc(F)cc1. The number of rotatable bonds is 10. The van der Waals surface area contributed by atoms with Crippen LogP contribution in [0.5, 0.6) is 0 Å². The van der Waals surface area contributed by atoms with Gasteiger partial charge in [-0.3, -0.25) is 9.78 Å². The molecule has 0 atom stereocenters. The molecule has 0 fully saturated rings. The van der Waals surface area contributed by atoms with E-state index in [4.69, 9.17) is 4.98 Å². The lowest BCUT2D eigenvalue weighted by Crippen LogP contribution is -2.24. The molecule has 1 amide bonds. The molecule has 3 aromatic rings. The van der Waals surface area contributed by atoms with Crippen molar-refractivity contribution in [2.24, 2.45) is 0 Å². The summed E-state index contributed by atoms with van der Waals surface area (Å²) >= 11 is 0. The van der Waals surface area contributed by atoms with Crippen molar-refractivity contribution in [1.29, 1.82) is 0 Å². The van der Waals surface area contributed by atoms with Gasteiger partial charge in [0.15, 0.2) is 0 Å². The van der Waals surface area contributed by atoms with Gasteiger partial charge in [-0.15, -0.1) is 0 Å². The van der Waals surface area contributed by atoms with Gasteiger partial charge in [0, 0.05) is 35.4 Å². The van der Waals surface area contributed by atoms with E-state index in [0.717, 1.165) is 50.6 Å². The average molecular weight is 434 g/mol. The molecule has 0 bridgehead atoms. The standard InChI is InChI=1S/C27H32FN3O/c28-21-16-14-20(15-17-21)27(32)30-19-9-3-1-2-8-18-29-26-22-10-4-6-12-24(22)31-25-13-7-5-11-23(25)26/h4,6,10,12,14-17H,1-3,5,7-9,11,13,18-19H2,(H,29,31)(H,30,32). The van der Waals surface area contributed by atoms with Gasteiger partial charge in [0.05, 0.1) is 5.52 Å². The molecule has 0 saturated carbocycles. The Morgan fingerprint density at radius 1 is 0.875 bits per heavy atom. The Hall–Kier alpha value is -2.95. The predicted octanol–water partition coefficient (Wildman–Crippen LogP) is 6.05. The van der Waals surface area contributed by atoms with Crippen LogP contribution in [0, 0.1) is 5.82 Å². The number of halogens is 1. The van der Waals surface area contributed by atoms with Gasteiger partial charge in [-0.25, -0.2) is 4.39 Å². The molecule has 0 unspecified atom stereocenters. The summed E-state index contributed by atoms with van der Waals surface area (Å²) in [7, 11) is 0. The van der Waals surface area contributed by atoms with Crippen molar-refractivity contribution in [3.05, 3.63) is 71.2 Å². The highest BCUT2D eigenvalue weighted by Gasteiger charge is 2.17. The number of benzene rings is 2. The molecular weight excluding hydrogens is 401 g/mol. The minimum Gasteiger partial charge on any atom is -0.384 e. The fraction of sp³-hybridized carbons (Fsp3) is 0.407. The molecule has 5 heteroatoms. The number of carbonyl (C=O) groups is 1. The molecule has 0 spiro atoms. The first-order chi connectivity index (χ1) is 15.7. The first-order valence-electron chi connectivity index (χ1n) is 11.9. The molecule has 2 N–H and O–H groups in total. The molecule has 32 heavy (non-hydrogen) atoms. The summed E-state index contributed by atoms with van der Waals surface area (Å²) in [6.45, 7) is 1.63. The first-order valence-corrected chi connectivity index (χ1v) is 11.9. The molecule has 4 rings (SSSR count). The van der Waals surface area contributed by atoms with Crippen molar-refractivity contribution in [2.45, 2.75) is 57.8 Å². The number of fused-ring (bicyclic) bond motifs is 2. The molecule has 4 nitrogen and oxygen atoms in total. The lowest BCUT2D eigenvalue weighted by Gasteiger charge is -2.21. The molecule has 2 aromatic carbocycles. The minimum atomic E-state index is -0.326. The number of hydrogen-bond donors (Lipinski definition) is 2. The van der Waals surface area contributed by atoms with Crippen molar-refractivity contribution < 1.29 is 9.18 Å². The van der Waals surface area contributed by atoms with Crippen LogP contribution >= 0.6 is 0 Å². The van der Waals surface area contributed by atoms with Gasteiger partial charge < -0.3 is 10.6 Å². The van der Waals surface area contributed by atoms with Gasteiger partial charge in [-0.2, -0.15) is 0 Å². The van der Waals surface area contributed by atoms with Gasteiger partial charge in [-0.05, 0) is 74.4 Å². The van der Waals surface area contributed by atoms with Gasteiger partial charge in [0.25, 0.3) is 5.91 Å². The van der Waals surface area contributed by atoms with Crippen molar-refractivity contribution in [2.75, 3.05) is 18.4 Å². The van der Waals surface area contributed by atoms with Crippen LogP contribution < -0.4 is 10.6 Å². The maximum Gasteiger partial charge on any atom is 0.251 e. The second kappa shape index (κ2) is 11.1. The van der Waals surface area contributed by atoms with Crippen LogP contribution in [0.2, 0.25) is 0 Å². The van der Waals surface area contributed by atoms with E-state index in [1.54, 1.807) is 0 Å². The highest BCUT2D eigenvalue weighted by molar-refractivity contribution is 5.94. The monoisotopic (exact) mass is 433 g/mol. The van der Waals surface area contributed by atoms with Gasteiger partial charge >= 0.3 is 0 Å². The number of hydrogen-bond acceptors (Lipinski definition) is 3. The second-order valence-corrected chi connectivity index (χ2v) is 8.59. The molecule has 1 aliphatic rings. The Kier molecular flexibility index (Phi) is 7.70. The fourth-order valence-corrected chi connectivity index (χ4v) is 4.47. The van der Waals surface area contributed by atoms with Crippen LogP contribution in [0.3, 0.4) is 0 Å². The molecule has 1 heterocycles. The van der Waals surface area contributed by atoms with E-state index < -0.39 is 0 Å². The normalized spacial score (nSPS) is 13.0. The summed E-state index contributed by atoms with van der Waals surface area (Å²) < 4.78 is 12.9. The number of aromatic nitrogens is 1. The van der Waals surface area contributed by atoms with E-state index in [2.05, 4.69) is 34.9 Å². The Morgan fingerprint density at radius 2 is 1.59 bits per heavy atom. The number of amides is 1. The van der Waals surface area contributed by atoms with Gasteiger partial charge in [0.1, 0.15) is 5.82 Å². The molecule has 0 radical (unpaired) electrons. The smallest absolute Gasteiger partial charge is 0.251 e. The highest BCUT2D eigenvalue weighted by Crippen LogP contribution is 2.33. The van der Waals surface area contributed by atoms with Crippen LogP contribution in [0.1, 0.15) is 66.6 Å². The van der Waals surface area contributed by atoms with E-state index >= 15 is 0 Å². The van der Waals surface area contributed by atoms with Crippen molar-refractivity contribution in [3.63, 3.8) is 0 Å². The summed E-state index contributed by atoms with van der Waals surface area (Å²) in [5, 5.41) is 7.88. The Labute approximate surface area is 189 Å². The number of unbranched alkanes of at least 4 members (excludes halogenated alkanes) is 4. The number of aryl methyl sites for hydroxylation is 1. The van der Waals surface area contributed by atoms with Crippen molar-refractivity contribution >= 4 is 22.5 Å². The average Bonchev–Trinajstić information content (AvgIpc) is 2.82. The zero-order valence-electron chi connectivity index (χ0n) is 18.6. The van der Waals surface area contributed by atoms with E-state index in [0.29, 0.717) is 12.1 Å². The summed E-state index contributed by atoms with van der Waals surface area (Å²) in [4.78, 5) is 16.9. The predicted molar refractivity (Wildman–Crippen MR) is 129 cm³/mol. The first kappa shape index (κ1) is 22.3. The number of nitrogens with one attached hydrogen (secondary N) is 2. The number of anilines is 1. The second-order valence-electron chi connectivity index (χ2n) is 8.59. The fourth-order valence-electron chi connectivity index (χ4n) is 4.47. The van der Waals surface area contributed by atoms with Crippen LogP contribution in [-0.4, -0.2) is 24.0 Å². The number of para-hydroxylation sites is 1. The molecule has 0 aliphatic heterocycles. The zero-order valence-corrected chi connectivity index (χ0v) is 18.6. The van der Waals surface area contributed by atoms with Gasteiger partial charge in [0.2, 0.25) is 0 Å². The largest absolute Gasteiger partial charge is 0.384 e. The highest BCUT2D eigenvalue weighted by atomic mass is 19.1. The van der Waals surface area contributed by atoms with Gasteiger partial charge in [-0.1, -0.05) is 37.5 Å². The molecular formula is C27H32FN3O. The lowest BCUT2D eigenvalue weighted by molar-refractivity contribution is 0.0953. The number of nitrogens with zero attached hydrogens (tertiary/aromatic N) is 1. The summed E-state index contributed by atoms with van der Waals surface area (Å²) in [5.74, 6) is -0.463. The maximum absolute atomic E-state index is 12.9. The van der Waals surface area contributed by atoms with Crippen molar-refractivity contribution in [1.82, 2.24) is 10.3 Å². The lowest BCUT2D eigenvalue weighted by atomic mass is 9.92. The topological polar surface area (TPSA) is 54.0 Å².